The van der Waals surface area contributed by atoms with Crippen LogP contribution in [0.2, 0.25) is 0 Å². The molecule has 1 fully saturated rings. The van der Waals surface area contributed by atoms with Crippen LogP contribution < -0.4 is 10.6 Å². The second-order valence-electron chi connectivity index (χ2n) is 6.53. The lowest BCUT2D eigenvalue weighted by Gasteiger charge is -2.35. The van der Waals surface area contributed by atoms with Crippen LogP contribution in [0, 0.1) is 0 Å². The number of amides is 1. The van der Waals surface area contributed by atoms with Crippen molar-refractivity contribution < 1.29 is 4.79 Å². The molecule has 0 unspecified atom stereocenters. The van der Waals surface area contributed by atoms with Gasteiger partial charge in [0.05, 0.1) is 10.4 Å². The van der Waals surface area contributed by atoms with Crippen LogP contribution in [0.25, 0.3) is 21.3 Å². The Morgan fingerprint density at radius 1 is 1.15 bits per heavy atom. The first kappa shape index (κ1) is 17.0. The van der Waals surface area contributed by atoms with Crippen LogP contribution in [0.15, 0.2) is 41.8 Å². The SMILES string of the molecule is CCN1CCN(c2nc(-c3ccc(C(N)=O)cc3)cc3ccsc23)CC1. The molecule has 134 valence electrons. The largest absolute Gasteiger partial charge is 0.366 e. The van der Waals surface area contributed by atoms with Gasteiger partial charge in [0.1, 0.15) is 5.82 Å². The molecule has 0 atom stereocenters. The van der Waals surface area contributed by atoms with Gasteiger partial charge in [0.15, 0.2) is 0 Å². The van der Waals surface area contributed by atoms with Gasteiger partial charge in [-0.2, -0.15) is 0 Å². The van der Waals surface area contributed by atoms with Crippen LogP contribution >= 0.6 is 11.3 Å². The first-order valence-electron chi connectivity index (χ1n) is 8.91. The van der Waals surface area contributed by atoms with Gasteiger partial charge in [-0.3, -0.25) is 4.79 Å². The van der Waals surface area contributed by atoms with Crippen LogP contribution in [0.1, 0.15) is 17.3 Å². The standard InChI is InChI=1S/C20H22N4OS/c1-2-23-8-10-24(11-9-23)20-18-16(7-12-26-18)13-17(22-20)14-3-5-15(6-4-14)19(21)25/h3-7,12-13H,2,8-11H2,1H3,(H2,21,25). The molecule has 2 aromatic heterocycles. The number of hydrogen-bond acceptors (Lipinski definition) is 5. The molecule has 26 heavy (non-hydrogen) atoms. The Bertz CT molecular complexity index is 927. The molecule has 4 rings (SSSR count). The molecule has 1 amide bonds. The van der Waals surface area contributed by atoms with Gasteiger partial charge >= 0.3 is 0 Å². The number of nitrogens with zero attached hydrogens (tertiary/aromatic N) is 3. The highest BCUT2D eigenvalue weighted by molar-refractivity contribution is 7.17. The fraction of sp³-hybridized carbons (Fsp3) is 0.300. The molecule has 3 aromatic rings. The van der Waals surface area contributed by atoms with Crippen LogP contribution in [0.5, 0.6) is 0 Å². The summed E-state index contributed by atoms with van der Waals surface area (Å²) in [5, 5.41) is 3.34. The zero-order valence-corrected chi connectivity index (χ0v) is 15.6. The minimum atomic E-state index is -0.410. The number of pyridine rings is 1. The number of primary amides is 1. The topological polar surface area (TPSA) is 62.5 Å². The van der Waals surface area contributed by atoms with E-state index in [1.54, 1.807) is 23.5 Å². The molecule has 0 aliphatic carbocycles. The summed E-state index contributed by atoms with van der Waals surface area (Å²) < 4.78 is 1.24. The molecule has 6 heteroatoms. The summed E-state index contributed by atoms with van der Waals surface area (Å²) in [7, 11) is 0. The van der Waals surface area contributed by atoms with Crippen molar-refractivity contribution in [1.29, 1.82) is 0 Å². The van der Waals surface area contributed by atoms with Gasteiger partial charge in [-0.1, -0.05) is 19.1 Å². The van der Waals surface area contributed by atoms with E-state index in [0.29, 0.717) is 5.56 Å². The van der Waals surface area contributed by atoms with Gasteiger partial charge in [-0.05, 0) is 41.6 Å². The second-order valence-corrected chi connectivity index (χ2v) is 7.45. The van der Waals surface area contributed by atoms with Crippen LogP contribution in [0.3, 0.4) is 0 Å². The Hall–Kier alpha value is -2.44. The smallest absolute Gasteiger partial charge is 0.248 e. The lowest BCUT2D eigenvalue weighted by Crippen LogP contribution is -2.46. The van der Waals surface area contributed by atoms with Gasteiger partial charge in [0.25, 0.3) is 0 Å². The molecular weight excluding hydrogens is 344 g/mol. The van der Waals surface area contributed by atoms with Crippen LogP contribution in [0.4, 0.5) is 5.82 Å². The molecule has 1 saturated heterocycles. The predicted octanol–water partition coefficient (Wildman–Crippen LogP) is 3.20. The zero-order valence-electron chi connectivity index (χ0n) is 14.8. The molecular formula is C20H22N4OS. The predicted molar refractivity (Wildman–Crippen MR) is 108 cm³/mol. The van der Waals surface area contributed by atoms with Crippen molar-refractivity contribution in [3.8, 4) is 11.3 Å². The van der Waals surface area contributed by atoms with Crippen molar-refractivity contribution in [3.63, 3.8) is 0 Å². The lowest BCUT2D eigenvalue weighted by atomic mass is 10.1. The highest BCUT2D eigenvalue weighted by Gasteiger charge is 2.20. The van der Waals surface area contributed by atoms with Gasteiger partial charge < -0.3 is 15.5 Å². The molecule has 2 N–H and O–H groups in total. The van der Waals surface area contributed by atoms with Crippen molar-refractivity contribution >= 4 is 33.1 Å². The number of fused-ring (bicyclic) bond motifs is 1. The third kappa shape index (κ3) is 3.18. The van der Waals surface area contributed by atoms with E-state index >= 15 is 0 Å². The molecule has 1 aliphatic rings. The van der Waals surface area contributed by atoms with Gasteiger partial charge in [-0.15, -0.1) is 11.3 Å². The molecule has 3 heterocycles. The molecule has 1 aromatic carbocycles. The van der Waals surface area contributed by atoms with E-state index in [9.17, 15) is 4.79 Å². The monoisotopic (exact) mass is 366 g/mol. The van der Waals surface area contributed by atoms with E-state index in [0.717, 1.165) is 49.8 Å². The van der Waals surface area contributed by atoms with E-state index < -0.39 is 5.91 Å². The van der Waals surface area contributed by atoms with Crippen molar-refractivity contribution in [2.24, 2.45) is 5.73 Å². The summed E-state index contributed by atoms with van der Waals surface area (Å²) in [6.07, 6.45) is 0. The second kappa shape index (κ2) is 7.05. The normalized spacial score (nSPS) is 15.5. The number of piperazine rings is 1. The highest BCUT2D eigenvalue weighted by atomic mass is 32.1. The number of hydrogen-bond donors (Lipinski definition) is 1. The third-order valence-electron chi connectivity index (χ3n) is 5.00. The minimum absolute atomic E-state index is 0.410. The summed E-state index contributed by atoms with van der Waals surface area (Å²) in [5.74, 6) is 0.662. The molecule has 5 nitrogen and oxygen atoms in total. The Labute approximate surface area is 157 Å². The fourth-order valence-corrected chi connectivity index (χ4v) is 4.30. The van der Waals surface area contributed by atoms with E-state index in [-0.39, 0.29) is 0 Å². The Balaban J connectivity index is 1.72. The Morgan fingerprint density at radius 3 is 2.54 bits per heavy atom. The van der Waals surface area contributed by atoms with Crippen LogP contribution in [-0.2, 0) is 0 Å². The fourth-order valence-electron chi connectivity index (χ4n) is 3.40. The third-order valence-corrected chi connectivity index (χ3v) is 5.93. The number of nitrogens with two attached hydrogens (primary N) is 1. The number of likely N-dealkylation sites (N-methyl/N-ethyl adjacent to an activating group) is 1. The summed E-state index contributed by atoms with van der Waals surface area (Å²) in [6.45, 7) is 7.45. The number of carbonyl (C=O) groups excluding carboxylic acids is 1. The minimum Gasteiger partial charge on any atom is -0.366 e. The van der Waals surface area contributed by atoms with Crippen LogP contribution in [-0.4, -0.2) is 48.5 Å². The number of aromatic nitrogens is 1. The molecule has 0 spiro atoms. The van der Waals surface area contributed by atoms with E-state index in [2.05, 4.69) is 34.2 Å². The summed E-state index contributed by atoms with van der Waals surface area (Å²) in [6, 6.07) is 11.6. The van der Waals surface area contributed by atoms with Gasteiger partial charge in [0, 0.05) is 37.3 Å². The summed E-state index contributed by atoms with van der Waals surface area (Å²) in [4.78, 5) is 21.2. The van der Waals surface area contributed by atoms with Crippen molar-refractivity contribution in [1.82, 2.24) is 9.88 Å². The van der Waals surface area contributed by atoms with E-state index in [1.165, 1.54) is 10.1 Å². The Morgan fingerprint density at radius 2 is 1.88 bits per heavy atom. The molecule has 0 bridgehead atoms. The average molecular weight is 366 g/mol. The van der Waals surface area contributed by atoms with Crippen molar-refractivity contribution in [2.75, 3.05) is 37.6 Å². The number of benzene rings is 1. The first-order valence-corrected chi connectivity index (χ1v) is 9.79. The number of rotatable bonds is 4. The Kier molecular flexibility index (Phi) is 4.61. The average Bonchev–Trinajstić information content (AvgIpc) is 3.16. The zero-order chi connectivity index (χ0) is 18.1. The number of thiophene rings is 1. The van der Waals surface area contributed by atoms with E-state index in [4.69, 9.17) is 10.7 Å². The van der Waals surface area contributed by atoms with Crippen molar-refractivity contribution in [3.05, 3.63) is 47.3 Å². The van der Waals surface area contributed by atoms with E-state index in [1.807, 2.05) is 12.1 Å². The number of carbonyl (C=O) groups is 1. The summed E-state index contributed by atoms with van der Waals surface area (Å²) >= 11 is 1.75. The first-order chi connectivity index (χ1) is 12.7. The highest BCUT2D eigenvalue weighted by Crippen LogP contribution is 2.34. The maximum absolute atomic E-state index is 11.3. The van der Waals surface area contributed by atoms with Gasteiger partial charge in [-0.25, -0.2) is 4.98 Å². The maximum atomic E-state index is 11.3. The number of anilines is 1. The summed E-state index contributed by atoms with van der Waals surface area (Å²) in [5.41, 5.74) is 7.79. The molecule has 0 saturated carbocycles. The maximum Gasteiger partial charge on any atom is 0.248 e. The lowest BCUT2D eigenvalue weighted by molar-refractivity contribution is 0.100. The van der Waals surface area contributed by atoms with Gasteiger partial charge in [0.2, 0.25) is 5.91 Å². The molecule has 0 radical (unpaired) electrons. The molecule has 1 aliphatic heterocycles. The quantitative estimate of drug-likeness (QED) is 0.770. The van der Waals surface area contributed by atoms with Crippen molar-refractivity contribution in [2.45, 2.75) is 6.92 Å².